The van der Waals surface area contributed by atoms with Crippen LogP contribution >= 0.6 is 11.6 Å². The molecule has 0 unspecified atom stereocenters. The molecule has 4 rings (SSSR count). The Morgan fingerprint density at radius 1 is 1.10 bits per heavy atom. The molecule has 2 heterocycles. The quantitative estimate of drug-likeness (QED) is 0.624. The predicted molar refractivity (Wildman–Crippen MR) is 121 cm³/mol. The number of nitrogens with zero attached hydrogens (tertiary/aromatic N) is 3. The average Bonchev–Trinajstić information content (AvgIpc) is 2.73. The first-order valence-electron chi connectivity index (χ1n) is 9.86. The summed E-state index contributed by atoms with van der Waals surface area (Å²) in [6.07, 6.45) is 2.31. The number of allylic oxidation sites excluding steroid dienone is 1. The summed E-state index contributed by atoms with van der Waals surface area (Å²) < 4.78 is 0. The van der Waals surface area contributed by atoms with E-state index in [9.17, 15) is 4.79 Å². The van der Waals surface area contributed by atoms with Crippen molar-refractivity contribution in [3.63, 3.8) is 0 Å². The molecule has 0 N–H and O–H groups in total. The number of carbonyl (C=O) groups is 1. The van der Waals surface area contributed by atoms with Crippen molar-refractivity contribution in [1.82, 2.24) is 0 Å². The molecule has 0 spiro atoms. The van der Waals surface area contributed by atoms with E-state index in [0.29, 0.717) is 29.1 Å². The highest BCUT2D eigenvalue weighted by molar-refractivity contribution is 6.32. The fraction of sp³-hybridized carbons (Fsp3) is 0.240. The number of halogens is 1. The Balaban J connectivity index is 1.88. The number of benzene rings is 2. The van der Waals surface area contributed by atoms with E-state index < -0.39 is 0 Å². The van der Waals surface area contributed by atoms with E-state index in [0.717, 1.165) is 28.4 Å². The largest absolute Gasteiger partial charge is 0.336 e. The van der Waals surface area contributed by atoms with Crippen molar-refractivity contribution in [2.75, 3.05) is 11.4 Å². The summed E-state index contributed by atoms with van der Waals surface area (Å²) >= 11 is 6.53. The van der Waals surface area contributed by atoms with Crippen LogP contribution in [0.15, 0.2) is 70.9 Å². The van der Waals surface area contributed by atoms with Gasteiger partial charge in [-0.2, -0.15) is 5.26 Å². The molecule has 4 nitrogen and oxygen atoms in total. The number of rotatable bonds is 2. The van der Waals surface area contributed by atoms with Crippen LogP contribution in [0.3, 0.4) is 0 Å². The lowest BCUT2D eigenvalue weighted by atomic mass is 9.83. The van der Waals surface area contributed by atoms with Crippen LogP contribution in [-0.4, -0.2) is 18.0 Å². The van der Waals surface area contributed by atoms with Gasteiger partial charge in [-0.15, -0.1) is 0 Å². The van der Waals surface area contributed by atoms with Crippen LogP contribution < -0.4 is 4.90 Å². The summed E-state index contributed by atoms with van der Waals surface area (Å²) in [5, 5.41) is 9.76. The number of hydrogen-bond donors (Lipinski definition) is 0. The lowest BCUT2D eigenvalue weighted by molar-refractivity contribution is -0.114. The maximum atomic E-state index is 13.0. The highest BCUT2D eigenvalue weighted by Crippen LogP contribution is 2.38. The first-order chi connectivity index (χ1) is 14.3. The highest BCUT2D eigenvalue weighted by atomic mass is 35.5. The van der Waals surface area contributed by atoms with Crippen molar-refractivity contribution >= 4 is 34.5 Å². The lowest BCUT2D eigenvalue weighted by Crippen LogP contribution is -2.35. The number of ketones is 1. The minimum atomic E-state index is -0.170. The second-order valence-corrected chi connectivity index (χ2v) is 8.93. The molecule has 0 fully saturated rings. The van der Waals surface area contributed by atoms with Crippen molar-refractivity contribution in [2.45, 2.75) is 27.2 Å². The molecule has 0 amide bonds. The topological polar surface area (TPSA) is 56.5 Å². The normalized spacial score (nSPS) is 16.6. The molecule has 2 aliphatic heterocycles. The van der Waals surface area contributed by atoms with E-state index in [1.165, 1.54) is 0 Å². The molecule has 150 valence electrons. The predicted octanol–water partition coefficient (Wildman–Crippen LogP) is 5.79. The standard InChI is InChI=1S/C25H22ClN3O/c1-25(2,3)24-13-23(30)19-15-29(17-10-8-16(14-27)9-11-17)22(12-21(19)28-24)18-6-4-5-7-20(18)26/h4-12H,13,15H2,1-3H3. The van der Waals surface area contributed by atoms with Crippen molar-refractivity contribution < 1.29 is 4.79 Å². The van der Waals surface area contributed by atoms with Gasteiger partial charge in [0.05, 0.1) is 29.6 Å². The van der Waals surface area contributed by atoms with E-state index >= 15 is 0 Å². The summed E-state index contributed by atoms with van der Waals surface area (Å²) in [5.41, 5.74) is 5.40. The monoisotopic (exact) mass is 415 g/mol. The number of carbonyl (C=O) groups excluding carboxylic acids is 1. The third-order valence-electron chi connectivity index (χ3n) is 5.43. The molecular formula is C25H22ClN3O. The number of aliphatic imine (C=N–C) groups is 1. The third-order valence-corrected chi connectivity index (χ3v) is 5.76. The maximum Gasteiger partial charge on any atom is 0.168 e. The minimum absolute atomic E-state index is 0.109. The van der Waals surface area contributed by atoms with Crippen LogP contribution in [0.2, 0.25) is 5.02 Å². The van der Waals surface area contributed by atoms with Crippen molar-refractivity contribution in [3.05, 3.63) is 82.0 Å². The van der Waals surface area contributed by atoms with E-state index in [2.05, 4.69) is 31.7 Å². The van der Waals surface area contributed by atoms with Gasteiger partial charge in [0.2, 0.25) is 0 Å². The Morgan fingerprint density at radius 2 is 1.80 bits per heavy atom. The second kappa shape index (κ2) is 7.59. The zero-order valence-corrected chi connectivity index (χ0v) is 18.0. The molecule has 0 aromatic heterocycles. The number of anilines is 1. The van der Waals surface area contributed by atoms with E-state index in [1.807, 2.05) is 42.5 Å². The van der Waals surface area contributed by atoms with E-state index in [1.54, 1.807) is 12.1 Å². The summed E-state index contributed by atoms with van der Waals surface area (Å²) in [4.78, 5) is 19.9. The average molecular weight is 416 g/mol. The van der Waals surface area contributed by atoms with Gasteiger partial charge in [-0.05, 0) is 36.4 Å². The fourth-order valence-corrected chi connectivity index (χ4v) is 3.90. The van der Waals surface area contributed by atoms with Gasteiger partial charge in [0, 0.05) is 39.4 Å². The minimum Gasteiger partial charge on any atom is -0.336 e. The Labute approximate surface area is 181 Å². The molecule has 2 aromatic rings. The second-order valence-electron chi connectivity index (χ2n) is 8.53. The Bertz CT molecular complexity index is 1160. The van der Waals surface area contributed by atoms with Gasteiger partial charge >= 0.3 is 0 Å². The maximum absolute atomic E-state index is 13.0. The first-order valence-corrected chi connectivity index (χ1v) is 10.2. The van der Waals surface area contributed by atoms with Gasteiger partial charge in [-0.25, -0.2) is 0 Å². The zero-order chi connectivity index (χ0) is 21.5. The summed E-state index contributed by atoms with van der Waals surface area (Å²) in [6.45, 7) is 6.65. The Morgan fingerprint density at radius 3 is 2.43 bits per heavy atom. The smallest absolute Gasteiger partial charge is 0.168 e. The molecular weight excluding hydrogens is 394 g/mol. The molecule has 0 aliphatic carbocycles. The molecule has 0 atom stereocenters. The number of hydrogen-bond acceptors (Lipinski definition) is 4. The zero-order valence-electron chi connectivity index (χ0n) is 17.2. The molecule has 2 aliphatic rings. The molecule has 0 bridgehead atoms. The van der Waals surface area contributed by atoms with Gasteiger partial charge in [0.1, 0.15) is 0 Å². The Kier molecular flexibility index (Phi) is 5.09. The van der Waals surface area contributed by atoms with Crippen LogP contribution in [-0.2, 0) is 4.79 Å². The van der Waals surface area contributed by atoms with Crippen LogP contribution in [0.1, 0.15) is 38.3 Å². The lowest BCUT2D eigenvalue weighted by Gasteiger charge is -2.35. The fourth-order valence-electron chi connectivity index (χ4n) is 3.66. The molecule has 0 radical (unpaired) electrons. The third kappa shape index (κ3) is 3.69. The van der Waals surface area contributed by atoms with Crippen LogP contribution in [0.4, 0.5) is 5.69 Å². The van der Waals surface area contributed by atoms with Crippen LogP contribution in [0.25, 0.3) is 5.70 Å². The number of Topliss-reactive ketones (excluding diaryl/α,β-unsaturated/α-hetero) is 1. The van der Waals surface area contributed by atoms with Gasteiger partial charge in [-0.3, -0.25) is 9.79 Å². The van der Waals surface area contributed by atoms with Crippen LogP contribution in [0.5, 0.6) is 0 Å². The number of nitriles is 1. The summed E-state index contributed by atoms with van der Waals surface area (Å²) in [7, 11) is 0. The first kappa shape index (κ1) is 20.1. The Hall–Kier alpha value is -3.16. The van der Waals surface area contributed by atoms with Gasteiger partial charge < -0.3 is 4.90 Å². The van der Waals surface area contributed by atoms with Gasteiger partial charge in [-0.1, -0.05) is 50.6 Å². The summed E-state index contributed by atoms with van der Waals surface area (Å²) in [5.74, 6) is 0.109. The SMILES string of the molecule is CC(C)(C)C1=NC2=C(CN(c3ccc(C#N)cc3)C(c3ccccc3Cl)=C2)C(=O)C1. The molecule has 0 saturated carbocycles. The molecule has 5 heteroatoms. The van der Waals surface area contributed by atoms with Crippen molar-refractivity contribution in [1.29, 1.82) is 5.26 Å². The van der Waals surface area contributed by atoms with Crippen molar-refractivity contribution in [2.24, 2.45) is 10.4 Å². The molecule has 2 aromatic carbocycles. The van der Waals surface area contributed by atoms with Gasteiger partial charge in [0.25, 0.3) is 0 Å². The van der Waals surface area contributed by atoms with E-state index in [4.69, 9.17) is 21.9 Å². The summed E-state index contributed by atoms with van der Waals surface area (Å²) in [6, 6.07) is 17.2. The van der Waals surface area contributed by atoms with E-state index in [-0.39, 0.29) is 11.2 Å². The molecule has 30 heavy (non-hydrogen) atoms. The van der Waals surface area contributed by atoms with Crippen LogP contribution in [0, 0.1) is 16.7 Å². The van der Waals surface area contributed by atoms with Gasteiger partial charge in [0.15, 0.2) is 5.78 Å². The molecule has 0 saturated heterocycles. The highest BCUT2D eigenvalue weighted by Gasteiger charge is 2.33. The van der Waals surface area contributed by atoms with Crippen molar-refractivity contribution in [3.8, 4) is 6.07 Å².